The van der Waals surface area contributed by atoms with Gasteiger partial charge in [0.1, 0.15) is 5.75 Å². The highest BCUT2D eigenvalue weighted by molar-refractivity contribution is 6.30. The van der Waals surface area contributed by atoms with E-state index in [-0.39, 0.29) is 5.84 Å². The summed E-state index contributed by atoms with van der Waals surface area (Å²) in [4.78, 5) is 0. The van der Waals surface area contributed by atoms with Gasteiger partial charge in [0.2, 0.25) is 0 Å². The minimum Gasteiger partial charge on any atom is -0.482 e. The number of nitrogens with two attached hydrogens (primary N) is 1. The number of oxime groups is 1. The molecular formula is C10H13ClN2O2. The second kappa shape index (κ2) is 5.46. The fourth-order valence-corrected chi connectivity index (χ4v) is 1.30. The number of hydrogen-bond donors (Lipinski definition) is 2. The summed E-state index contributed by atoms with van der Waals surface area (Å²) in [5, 5.41) is 12.0. The van der Waals surface area contributed by atoms with E-state index < -0.39 is 6.10 Å². The largest absolute Gasteiger partial charge is 0.482 e. The third kappa shape index (κ3) is 3.32. The summed E-state index contributed by atoms with van der Waals surface area (Å²) in [5.74, 6) is 0.651. The standard InChI is InChI=1S/C10H13ClN2O2/c1-2-9(10(12)13-14)15-8-5-3-4-7(11)6-8/h3-6,9,14H,2H2,1H3,(H2,12,13). The molecule has 0 fully saturated rings. The first kappa shape index (κ1) is 11.7. The van der Waals surface area contributed by atoms with E-state index in [4.69, 9.17) is 27.3 Å². The summed E-state index contributed by atoms with van der Waals surface area (Å²) in [6.45, 7) is 1.88. The molecule has 0 bridgehead atoms. The Hall–Kier alpha value is -1.42. The van der Waals surface area contributed by atoms with Gasteiger partial charge >= 0.3 is 0 Å². The van der Waals surface area contributed by atoms with E-state index in [9.17, 15) is 0 Å². The van der Waals surface area contributed by atoms with Gasteiger partial charge in [-0.2, -0.15) is 0 Å². The van der Waals surface area contributed by atoms with Gasteiger partial charge in [-0.25, -0.2) is 0 Å². The predicted molar refractivity (Wildman–Crippen MR) is 59.6 cm³/mol. The lowest BCUT2D eigenvalue weighted by atomic mass is 10.2. The van der Waals surface area contributed by atoms with E-state index in [1.807, 2.05) is 6.92 Å². The van der Waals surface area contributed by atoms with E-state index in [1.54, 1.807) is 24.3 Å². The third-order valence-corrected chi connectivity index (χ3v) is 2.13. The Balaban J connectivity index is 2.75. The molecule has 1 aromatic carbocycles. The van der Waals surface area contributed by atoms with E-state index in [0.717, 1.165) is 0 Å². The smallest absolute Gasteiger partial charge is 0.180 e. The molecule has 0 spiro atoms. The van der Waals surface area contributed by atoms with Gasteiger partial charge in [-0.05, 0) is 24.6 Å². The number of ether oxygens (including phenoxy) is 1. The van der Waals surface area contributed by atoms with Crippen LogP contribution in [0.25, 0.3) is 0 Å². The number of halogens is 1. The van der Waals surface area contributed by atoms with Crippen LogP contribution in [0.1, 0.15) is 13.3 Å². The molecule has 0 heterocycles. The third-order valence-electron chi connectivity index (χ3n) is 1.89. The number of amidine groups is 1. The van der Waals surface area contributed by atoms with Crippen LogP contribution in [0.4, 0.5) is 0 Å². The molecule has 1 unspecified atom stereocenters. The lowest BCUT2D eigenvalue weighted by Gasteiger charge is -2.15. The van der Waals surface area contributed by atoms with Crippen molar-refractivity contribution in [1.29, 1.82) is 0 Å². The molecule has 0 radical (unpaired) electrons. The maximum Gasteiger partial charge on any atom is 0.180 e. The molecule has 0 saturated carbocycles. The number of hydrogen-bond acceptors (Lipinski definition) is 3. The maximum absolute atomic E-state index is 8.53. The van der Waals surface area contributed by atoms with Crippen LogP contribution in [0, 0.1) is 0 Å². The van der Waals surface area contributed by atoms with Crippen molar-refractivity contribution in [2.45, 2.75) is 19.4 Å². The summed E-state index contributed by atoms with van der Waals surface area (Å²) in [6.07, 6.45) is 0.177. The van der Waals surface area contributed by atoms with Gasteiger partial charge in [-0.15, -0.1) is 0 Å². The van der Waals surface area contributed by atoms with Crippen LogP contribution in [0.3, 0.4) is 0 Å². The summed E-state index contributed by atoms with van der Waals surface area (Å²) < 4.78 is 5.50. The lowest BCUT2D eigenvalue weighted by Crippen LogP contribution is -2.33. The van der Waals surface area contributed by atoms with Crippen LogP contribution >= 0.6 is 11.6 Å². The summed E-state index contributed by atoms with van der Waals surface area (Å²) in [7, 11) is 0. The Morgan fingerprint density at radius 1 is 1.67 bits per heavy atom. The number of nitrogens with zero attached hydrogens (tertiary/aromatic N) is 1. The van der Waals surface area contributed by atoms with Gasteiger partial charge in [0.25, 0.3) is 0 Å². The van der Waals surface area contributed by atoms with E-state index in [1.165, 1.54) is 0 Å². The van der Waals surface area contributed by atoms with Crippen molar-refractivity contribution in [3.8, 4) is 5.75 Å². The van der Waals surface area contributed by atoms with Crippen LogP contribution in [0.15, 0.2) is 29.4 Å². The van der Waals surface area contributed by atoms with Gasteiger partial charge < -0.3 is 15.7 Å². The van der Waals surface area contributed by atoms with Gasteiger partial charge in [0.15, 0.2) is 11.9 Å². The Morgan fingerprint density at radius 2 is 2.40 bits per heavy atom. The Morgan fingerprint density at radius 3 is 2.93 bits per heavy atom. The topological polar surface area (TPSA) is 67.8 Å². The molecule has 0 aliphatic carbocycles. The number of rotatable bonds is 4. The zero-order chi connectivity index (χ0) is 11.3. The molecule has 0 aromatic heterocycles. The fraction of sp³-hybridized carbons (Fsp3) is 0.300. The van der Waals surface area contributed by atoms with Crippen LogP contribution in [-0.2, 0) is 0 Å². The molecule has 0 amide bonds. The molecule has 0 aliphatic rings. The highest BCUT2D eigenvalue weighted by Gasteiger charge is 2.13. The molecule has 4 nitrogen and oxygen atoms in total. The van der Waals surface area contributed by atoms with Gasteiger partial charge in [0, 0.05) is 5.02 Å². The average molecular weight is 229 g/mol. The molecule has 1 atom stereocenters. The Kier molecular flexibility index (Phi) is 4.24. The first-order valence-electron chi connectivity index (χ1n) is 4.57. The van der Waals surface area contributed by atoms with Gasteiger partial charge in [-0.3, -0.25) is 0 Å². The van der Waals surface area contributed by atoms with Crippen molar-refractivity contribution in [2.75, 3.05) is 0 Å². The van der Waals surface area contributed by atoms with Crippen molar-refractivity contribution < 1.29 is 9.94 Å². The maximum atomic E-state index is 8.53. The molecule has 15 heavy (non-hydrogen) atoms. The zero-order valence-electron chi connectivity index (χ0n) is 8.35. The van der Waals surface area contributed by atoms with Crippen LogP contribution in [0.5, 0.6) is 5.75 Å². The van der Waals surface area contributed by atoms with Crippen molar-refractivity contribution in [1.82, 2.24) is 0 Å². The first-order chi connectivity index (χ1) is 7.17. The summed E-state index contributed by atoms with van der Waals surface area (Å²) in [5.41, 5.74) is 5.46. The zero-order valence-corrected chi connectivity index (χ0v) is 9.11. The second-order valence-corrected chi connectivity index (χ2v) is 3.43. The molecule has 3 N–H and O–H groups in total. The predicted octanol–water partition coefficient (Wildman–Crippen LogP) is 2.24. The molecule has 0 saturated heterocycles. The fourth-order valence-electron chi connectivity index (χ4n) is 1.12. The van der Waals surface area contributed by atoms with Crippen LogP contribution < -0.4 is 10.5 Å². The van der Waals surface area contributed by atoms with Crippen molar-refractivity contribution in [3.63, 3.8) is 0 Å². The minimum absolute atomic E-state index is 0.0532. The molecular weight excluding hydrogens is 216 g/mol. The normalized spacial score (nSPS) is 13.6. The monoisotopic (exact) mass is 228 g/mol. The Labute approximate surface area is 93.3 Å². The molecule has 82 valence electrons. The average Bonchev–Trinajstić information content (AvgIpc) is 2.25. The van der Waals surface area contributed by atoms with E-state index >= 15 is 0 Å². The highest BCUT2D eigenvalue weighted by Crippen LogP contribution is 2.19. The van der Waals surface area contributed by atoms with Gasteiger partial charge in [-0.1, -0.05) is 29.7 Å². The molecule has 5 heteroatoms. The summed E-state index contributed by atoms with van der Waals surface area (Å²) in [6, 6.07) is 6.96. The summed E-state index contributed by atoms with van der Waals surface area (Å²) >= 11 is 5.79. The van der Waals surface area contributed by atoms with Crippen molar-refractivity contribution >= 4 is 17.4 Å². The van der Waals surface area contributed by atoms with E-state index in [2.05, 4.69) is 5.16 Å². The van der Waals surface area contributed by atoms with Crippen molar-refractivity contribution in [2.24, 2.45) is 10.9 Å². The molecule has 1 rings (SSSR count). The van der Waals surface area contributed by atoms with Crippen LogP contribution in [0.2, 0.25) is 5.02 Å². The van der Waals surface area contributed by atoms with E-state index in [0.29, 0.717) is 17.2 Å². The minimum atomic E-state index is -0.437. The lowest BCUT2D eigenvalue weighted by molar-refractivity contribution is 0.246. The highest BCUT2D eigenvalue weighted by atomic mass is 35.5. The number of benzene rings is 1. The quantitative estimate of drug-likeness (QED) is 0.359. The SMILES string of the molecule is CCC(Oc1cccc(Cl)c1)C(N)=NO. The first-order valence-corrected chi connectivity index (χ1v) is 4.94. The Bertz CT molecular complexity index is 355. The van der Waals surface area contributed by atoms with Gasteiger partial charge in [0.05, 0.1) is 0 Å². The van der Waals surface area contributed by atoms with Crippen LogP contribution in [-0.4, -0.2) is 17.1 Å². The molecule has 0 aliphatic heterocycles. The second-order valence-electron chi connectivity index (χ2n) is 3.00. The van der Waals surface area contributed by atoms with Crippen molar-refractivity contribution in [3.05, 3.63) is 29.3 Å². The molecule has 1 aromatic rings.